The molecule has 0 spiro atoms. The molecule has 80 valence electrons. The SMILES string of the molecule is Cc1csc(C(C)NCC(C)CN)n1. The zero-order valence-electron chi connectivity index (χ0n) is 9.08. The second-order valence-electron chi connectivity index (χ2n) is 3.80. The Bertz CT molecular complexity index is 272. The number of hydrogen-bond donors (Lipinski definition) is 2. The molecule has 1 aromatic rings. The van der Waals surface area contributed by atoms with E-state index < -0.39 is 0 Å². The van der Waals surface area contributed by atoms with Crippen molar-refractivity contribution < 1.29 is 0 Å². The molecule has 0 saturated carbocycles. The second kappa shape index (κ2) is 5.44. The van der Waals surface area contributed by atoms with Crippen molar-refractivity contribution in [2.45, 2.75) is 26.8 Å². The zero-order chi connectivity index (χ0) is 10.6. The average Bonchev–Trinajstić information content (AvgIpc) is 2.60. The maximum absolute atomic E-state index is 5.55. The Balaban J connectivity index is 2.39. The fourth-order valence-electron chi connectivity index (χ4n) is 1.12. The van der Waals surface area contributed by atoms with E-state index >= 15 is 0 Å². The van der Waals surface area contributed by atoms with Crippen molar-refractivity contribution in [2.75, 3.05) is 13.1 Å². The third kappa shape index (κ3) is 3.36. The van der Waals surface area contributed by atoms with E-state index in [1.165, 1.54) is 0 Å². The molecule has 0 bridgehead atoms. The molecule has 2 atom stereocenters. The van der Waals surface area contributed by atoms with Gasteiger partial charge >= 0.3 is 0 Å². The Hall–Kier alpha value is -0.450. The minimum atomic E-state index is 0.336. The lowest BCUT2D eigenvalue weighted by Gasteiger charge is -2.14. The van der Waals surface area contributed by atoms with Crippen LogP contribution in [0.25, 0.3) is 0 Å². The van der Waals surface area contributed by atoms with Crippen LogP contribution in [0.15, 0.2) is 5.38 Å². The van der Waals surface area contributed by atoms with Crippen LogP contribution >= 0.6 is 11.3 Å². The van der Waals surface area contributed by atoms with Gasteiger partial charge in [-0.25, -0.2) is 4.98 Å². The highest BCUT2D eigenvalue weighted by atomic mass is 32.1. The molecule has 0 saturated heterocycles. The highest BCUT2D eigenvalue weighted by Gasteiger charge is 2.09. The van der Waals surface area contributed by atoms with Crippen LogP contribution in [0, 0.1) is 12.8 Å². The molecule has 4 heteroatoms. The summed E-state index contributed by atoms with van der Waals surface area (Å²) < 4.78 is 0. The van der Waals surface area contributed by atoms with Crippen molar-refractivity contribution in [3.63, 3.8) is 0 Å². The molecule has 2 unspecified atom stereocenters. The van der Waals surface area contributed by atoms with Crippen LogP contribution in [0.2, 0.25) is 0 Å². The highest BCUT2D eigenvalue weighted by molar-refractivity contribution is 7.09. The highest BCUT2D eigenvalue weighted by Crippen LogP contribution is 2.17. The van der Waals surface area contributed by atoms with Crippen molar-refractivity contribution in [3.05, 3.63) is 16.1 Å². The first-order chi connectivity index (χ1) is 6.63. The van der Waals surface area contributed by atoms with E-state index in [1.54, 1.807) is 11.3 Å². The predicted molar refractivity (Wildman–Crippen MR) is 61.5 cm³/mol. The first kappa shape index (κ1) is 11.6. The summed E-state index contributed by atoms with van der Waals surface area (Å²) in [6.45, 7) is 8.00. The quantitative estimate of drug-likeness (QED) is 0.782. The minimum Gasteiger partial charge on any atom is -0.330 e. The lowest BCUT2D eigenvalue weighted by molar-refractivity contribution is 0.476. The summed E-state index contributed by atoms with van der Waals surface area (Å²) in [7, 11) is 0. The molecule has 1 rings (SSSR count). The van der Waals surface area contributed by atoms with Crippen LogP contribution in [-0.4, -0.2) is 18.1 Å². The summed E-state index contributed by atoms with van der Waals surface area (Å²) in [6.07, 6.45) is 0. The van der Waals surface area contributed by atoms with E-state index in [9.17, 15) is 0 Å². The van der Waals surface area contributed by atoms with Gasteiger partial charge in [0.2, 0.25) is 0 Å². The van der Waals surface area contributed by atoms with Crippen LogP contribution in [-0.2, 0) is 0 Å². The molecule has 14 heavy (non-hydrogen) atoms. The number of nitrogens with two attached hydrogens (primary N) is 1. The van der Waals surface area contributed by atoms with Crippen LogP contribution in [0.1, 0.15) is 30.6 Å². The van der Waals surface area contributed by atoms with Crippen LogP contribution < -0.4 is 11.1 Å². The first-order valence-electron chi connectivity index (χ1n) is 4.99. The Morgan fingerprint density at radius 1 is 1.57 bits per heavy atom. The van der Waals surface area contributed by atoms with E-state index in [0.717, 1.165) is 23.8 Å². The normalized spacial score (nSPS) is 15.4. The van der Waals surface area contributed by atoms with E-state index in [1.807, 2.05) is 6.92 Å². The largest absolute Gasteiger partial charge is 0.330 e. The van der Waals surface area contributed by atoms with Gasteiger partial charge < -0.3 is 11.1 Å². The van der Waals surface area contributed by atoms with Crippen LogP contribution in [0.4, 0.5) is 0 Å². The number of aryl methyl sites for hydroxylation is 1. The van der Waals surface area contributed by atoms with Gasteiger partial charge in [-0.15, -0.1) is 11.3 Å². The molecule has 3 N–H and O–H groups in total. The molecular formula is C10H19N3S. The van der Waals surface area contributed by atoms with Gasteiger partial charge in [-0.05, 0) is 32.9 Å². The van der Waals surface area contributed by atoms with Crippen molar-refractivity contribution >= 4 is 11.3 Å². The van der Waals surface area contributed by atoms with Gasteiger partial charge in [0.1, 0.15) is 5.01 Å². The lowest BCUT2D eigenvalue weighted by Crippen LogP contribution is -2.28. The van der Waals surface area contributed by atoms with Gasteiger partial charge in [0, 0.05) is 11.1 Å². The number of aromatic nitrogens is 1. The van der Waals surface area contributed by atoms with Crippen LogP contribution in [0.3, 0.4) is 0 Å². The maximum atomic E-state index is 5.55. The van der Waals surface area contributed by atoms with E-state index in [-0.39, 0.29) is 0 Å². The third-order valence-electron chi connectivity index (χ3n) is 2.18. The predicted octanol–water partition coefficient (Wildman–Crippen LogP) is 1.70. The van der Waals surface area contributed by atoms with Crippen molar-refractivity contribution in [3.8, 4) is 0 Å². The molecule has 0 fully saturated rings. The molecular weight excluding hydrogens is 194 g/mol. The van der Waals surface area contributed by atoms with Gasteiger partial charge in [-0.1, -0.05) is 6.92 Å². The average molecular weight is 213 g/mol. The van der Waals surface area contributed by atoms with Gasteiger partial charge in [0.25, 0.3) is 0 Å². The second-order valence-corrected chi connectivity index (χ2v) is 4.69. The summed E-state index contributed by atoms with van der Waals surface area (Å²) in [5, 5.41) is 6.67. The fourth-order valence-corrected chi connectivity index (χ4v) is 1.95. The van der Waals surface area contributed by atoms with Crippen molar-refractivity contribution in [1.82, 2.24) is 10.3 Å². The number of thiazole rings is 1. The topological polar surface area (TPSA) is 50.9 Å². The van der Waals surface area contributed by atoms with Gasteiger partial charge in [0.15, 0.2) is 0 Å². The van der Waals surface area contributed by atoms with Crippen LogP contribution in [0.5, 0.6) is 0 Å². The number of rotatable bonds is 5. The molecule has 0 radical (unpaired) electrons. The number of hydrogen-bond acceptors (Lipinski definition) is 4. The molecule has 3 nitrogen and oxygen atoms in total. The Morgan fingerprint density at radius 2 is 2.29 bits per heavy atom. The smallest absolute Gasteiger partial charge is 0.110 e. The standard InChI is InChI=1S/C10H19N3S/c1-7(4-11)5-12-9(3)10-13-8(2)6-14-10/h6-7,9,12H,4-5,11H2,1-3H3. The lowest BCUT2D eigenvalue weighted by atomic mass is 10.2. The monoisotopic (exact) mass is 213 g/mol. The Labute approximate surface area is 89.7 Å². The van der Waals surface area contributed by atoms with Gasteiger partial charge in [-0.3, -0.25) is 0 Å². The minimum absolute atomic E-state index is 0.336. The zero-order valence-corrected chi connectivity index (χ0v) is 9.90. The molecule has 0 aliphatic carbocycles. The third-order valence-corrected chi connectivity index (χ3v) is 3.33. The molecule has 0 aliphatic rings. The van der Waals surface area contributed by atoms with Gasteiger partial charge in [-0.2, -0.15) is 0 Å². The van der Waals surface area contributed by atoms with Crippen molar-refractivity contribution in [2.24, 2.45) is 11.7 Å². The van der Waals surface area contributed by atoms with E-state index in [4.69, 9.17) is 5.73 Å². The summed E-state index contributed by atoms with van der Waals surface area (Å²) in [4.78, 5) is 4.44. The van der Waals surface area contributed by atoms with E-state index in [0.29, 0.717) is 12.0 Å². The summed E-state index contributed by atoms with van der Waals surface area (Å²) in [5.41, 5.74) is 6.65. The Morgan fingerprint density at radius 3 is 2.79 bits per heavy atom. The van der Waals surface area contributed by atoms with Gasteiger partial charge in [0.05, 0.1) is 6.04 Å². The summed E-state index contributed by atoms with van der Waals surface area (Å²) in [5.74, 6) is 0.526. The molecule has 0 amide bonds. The fraction of sp³-hybridized carbons (Fsp3) is 0.700. The molecule has 0 aromatic carbocycles. The van der Waals surface area contributed by atoms with E-state index in [2.05, 4.69) is 29.5 Å². The summed E-state index contributed by atoms with van der Waals surface area (Å²) >= 11 is 1.71. The Kier molecular flexibility index (Phi) is 4.51. The number of nitrogens with zero attached hydrogens (tertiary/aromatic N) is 1. The molecule has 1 aromatic heterocycles. The summed E-state index contributed by atoms with van der Waals surface area (Å²) in [6, 6.07) is 0.336. The van der Waals surface area contributed by atoms with Crippen molar-refractivity contribution in [1.29, 1.82) is 0 Å². The molecule has 1 heterocycles. The molecule has 0 aliphatic heterocycles. The first-order valence-corrected chi connectivity index (χ1v) is 5.87. The number of nitrogens with one attached hydrogen (secondary N) is 1. The maximum Gasteiger partial charge on any atom is 0.110 e.